The SMILES string of the molecule is CSc1[s+]sc(C(C)(C)C)c1CC(C)(C)C.[Cl-]. The van der Waals surface area contributed by atoms with Gasteiger partial charge in [-0.25, -0.2) is 0 Å². The molecule has 0 saturated carbocycles. The lowest BCUT2D eigenvalue weighted by Gasteiger charge is -2.21. The van der Waals surface area contributed by atoms with Gasteiger partial charge in [0.1, 0.15) is 0 Å². The second kappa shape index (κ2) is 6.23. The molecule has 1 heterocycles. The lowest BCUT2D eigenvalue weighted by molar-refractivity contribution is -0.00000462. The first-order valence-corrected chi connectivity index (χ1v) is 9.02. The summed E-state index contributed by atoms with van der Waals surface area (Å²) in [6.07, 6.45) is 3.38. The predicted molar refractivity (Wildman–Crippen MR) is 80.2 cm³/mol. The van der Waals surface area contributed by atoms with Crippen molar-refractivity contribution in [1.29, 1.82) is 0 Å². The third kappa shape index (κ3) is 5.06. The first-order valence-electron chi connectivity index (χ1n) is 5.64. The molecule has 0 aliphatic carbocycles. The summed E-state index contributed by atoms with van der Waals surface area (Å²) < 4.78 is 1.52. The Balaban J connectivity index is 0.00000256. The third-order valence-corrected chi connectivity index (χ3v) is 6.74. The maximum Gasteiger partial charge on any atom is 0.308 e. The molecular weight excluding hydrogens is 288 g/mol. The van der Waals surface area contributed by atoms with E-state index >= 15 is 0 Å². The minimum Gasteiger partial charge on any atom is -1.00 e. The van der Waals surface area contributed by atoms with E-state index in [1.165, 1.54) is 10.6 Å². The molecule has 4 heteroatoms. The van der Waals surface area contributed by atoms with Crippen LogP contribution in [0.1, 0.15) is 52.0 Å². The van der Waals surface area contributed by atoms with Gasteiger partial charge in [0.15, 0.2) is 10.3 Å². The second-order valence-corrected chi connectivity index (χ2v) is 9.68. The van der Waals surface area contributed by atoms with Gasteiger partial charge in [0.25, 0.3) is 4.21 Å². The summed E-state index contributed by atoms with van der Waals surface area (Å²) in [5.74, 6) is 0. The molecule has 0 amide bonds. The fourth-order valence-electron chi connectivity index (χ4n) is 1.69. The van der Waals surface area contributed by atoms with Gasteiger partial charge in [-0.3, -0.25) is 0 Å². The van der Waals surface area contributed by atoms with Gasteiger partial charge >= 0.3 is 10.3 Å². The highest BCUT2D eigenvalue weighted by molar-refractivity contribution is 8.02. The van der Waals surface area contributed by atoms with Gasteiger partial charge < -0.3 is 12.4 Å². The molecule has 0 fully saturated rings. The van der Waals surface area contributed by atoms with Gasteiger partial charge in [0.05, 0.1) is 4.88 Å². The molecule has 0 unspecified atom stereocenters. The Hall–Kier alpha value is 0.690. The standard InChI is InChI=1S/C13H23S3.ClH/c1-12(2,3)8-9-10(13(4,5)6)15-16-11(9)14-7;/h8H2,1-7H3;1H/q+1;/p-1. The number of hydrogen-bond acceptors (Lipinski definition) is 2. The zero-order chi connectivity index (χ0) is 12.6. The number of thioether (sulfide) groups is 1. The second-order valence-electron chi connectivity index (χ2n) is 6.45. The molecule has 0 N–H and O–H groups in total. The van der Waals surface area contributed by atoms with Gasteiger partial charge in [0.2, 0.25) is 0 Å². The Morgan fingerprint density at radius 1 is 1.12 bits per heavy atom. The quantitative estimate of drug-likeness (QED) is 0.460. The highest BCUT2D eigenvalue weighted by Crippen LogP contribution is 2.43. The fraction of sp³-hybridized carbons (Fsp3) is 0.769. The van der Waals surface area contributed by atoms with Crippen molar-refractivity contribution in [2.45, 2.75) is 57.6 Å². The molecule has 0 aliphatic rings. The monoisotopic (exact) mass is 310 g/mol. The van der Waals surface area contributed by atoms with E-state index < -0.39 is 0 Å². The summed E-state index contributed by atoms with van der Waals surface area (Å²) in [7, 11) is 3.92. The average Bonchev–Trinajstić information content (AvgIpc) is 2.43. The van der Waals surface area contributed by atoms with Gasteiger partial charge in [-0.1, -0.05) is 53.3 Å². The summed E-state index contributed by atoms with van der Waals surface area (Å²) in [6.45, 7) is 13.9. The minimum atomic E-state index is 0. The van der Waals surface area contributed by atoms with Crippen LogP contribution < -0.4 is 12.4 Å². The third-order valence-electron chi connectivity index (χ3n) is 2.29. The molecule has 0 aromatic carbocycles. The van der Waals surface area contributed by atoms with E-state index in [2.05, 4.69) is 47.8 Å². The molecule has 0 aliphatic heterocycles. The molecule has 0 radical (unpaired) electrons. The topological polar surface area (TPSA) is 0 Å². The summed E-state index contributed by atoms with van der Waals surface area (Å²) in [4.78, 5) is 1.58. The number of hydrogen-bond donors (Lipinski definition) is 0. The fourth-order valence-corrected chi connectivity index (χ4v) is 6.22. The van der Waals surface area contributed by atoms with Crippen LogP contribution in [-0.4, -0.2) is 6.26 Å². The van der Waals surface area contributed by atoms with Crippen molar-refractivity contribution < 1.29 is 12.4 Å². The van der Waals surface area contributed by atoms with Gasteiger partial charge in [0, 0.05) is 11.0 Å². The van der Waals surface area contributed by atoms with Crippen LogP contribution >= 0.6 is 32.4 Å². The molecule has 1 aromatic heterocycles. The van der Waals surface area contributed by atoms with Crippen LogP contribution in [0.4, 0.5) is 0 Å². The number of halogens is 1. The van der Waals surface area contributed by atoms with Crippen LogP contribution in [0.15, 0.2) is 4.21 Å². The average molecular weight is 311 g/mol. The van der Waals surface area contributed by atoms with Crippen molar-refractivity contribution in [2.75, 3.05) is 6.26 Å². The van der Waals surface area contributed by atoms with E-state index in [1.807, 2.05) is 32.4 Å². The van der Waals surface area contributed by atoms with Crippen LogP contribution in [0.5, 0.6) is 0 Å². The van der Waals surface area contributed by atoms with Crippen molar-refractivity contribution in [2.24, 2.45) is 5.41 Å². The Labute approximate surface area is 124 Å². The minimum absolute atomic E-state index is 0. The Bertz CT molecular complexity index is 356. The predicted octanol–water partition coefficient (Wildman–Crippen LogP) is 2.70. The molecule has 0 spiro atoms. The van der Waals surface area contributed by atoms with Crippen molar-refractivity contribution in [3.05, 3.63) is 10.4 Å². The first kappa shape index (κ1) is 17.7. The van der Waals surface area contributed by atoms with Crippen LogP contribution in [0.25, 0.3) is 0 Å². The number of rotatable bonds is 2. The van der Waals surface area contributed by atoms with E-state index in [4.69, 9.17) is 0 Å². The van der Waals surface area contributed by atoms with Crippen LogP contribution in [0, 0.1) is 5.41 Å². The first-order chi connectivity index (χ1) is 7.15. The normalized spacial score (nSPS) is 12.4. The molecule has 0 bridgehead atoms. The van der Waals surface area contributed by atoms with Gasteiger partial charge in [-0.2, -0.15) is 0 Å². The smallest absolute Gasteiger partial charge is 0.308 e. The Morgan fingerprint density at radius 3 is 2.00 bits per heavy atom. The molecule has 17 heavy (non-hydrogen) atoms. The van der Waals surface area contributed by atoms with Gasteiger partial charge in [-0.05, 0) is 18.1 Å². The maximum atomic E-state index is 2.33. The molecule has 100 valence electrons. The molecule has 0 atom stereocenters. The van der Waals surface area contributed by atoms with Crippen LogP contribution in [-0.2, 0) is 11.8 Å². The zero-order valence-electron chi connectivity index (χ0n) is 11.8. The lowest BCUT2D eigenvalue weighted by Crippen LogP contribution is -3.00. The van der Waals surface area contributed by atoms with Crippen molar-refractivity contribution in [3.8, 4) is 0 Å². The summed E-state index contributed by atoms with van der Waals surface area (Å²) in [5, 5.41) is 0. The highest BCUT2D eigenvalue weighted by Gasteiger charge is 2.32. The van der Waals surface area contributed by atoms with E-state index in [1.54, 1.807) is 10.4 Å². The molecule has 1 aromatic rings. The highest BCUT2D eigenvalue weighted by atomic mass is 35.5. The molecule has 0 nitrogen and oxygen atoms in total. The Morgan fingerprint density at radius 2 is 1.65 bits per heavy atom. The van der Waals surface area contributed by atoms with Crippen molar-refractivity contribution >= 4 is 32.4 Å². The van der Waals surface area contributed by atoms with E-state index in [9.17, 15) is 0 Å². The maximum absolute atomic E-state index is 2.33. The summed E-state index contributed by atoms with van der Waals surface area (Å²) in [6, 6.07) is 0. The Kier molecular flexibility index (Phi) is 6.48. The lowest BCUT2D eigenvalue weighted by atomic mass is 9.84. The van der Waals surface area contributed by atoms with Crippen LogP contribution in [0.2, 0.25) is 0 Å². The van der Waals surface area contributed by atoms with Gasteiger partial charge in [-0.15, -0.1) is 0 Å². The molecule has 0 saturated heterocycles. The summed E-state index contributed by atoms with van der Waals surface area (Å²) in [5.41, 5.74) is 2.26. The van der Waals surface area contributed by atoms with Crippen molar-refractivity contribution in [3.63, 3.8) is 0 Å². The molecule has 1 rings (SSSR count). The van der Waals surface area contributed by atoms with E-state index in [0.717, 1.165) is 0 Å². The van der Waals surface area contributed by atoms with E-state index in [0.29, 0.717) is 5.41 Å². The zero-order valence-corrected chi connectivity index (χ0v) is 15.0. The molecular formula is C13H23ClS3. The van der Waals surface area contributed by atoms with E-state index in [-0.39, 0.29) is 17.8 Å². The van der Waals surface area contributed by atoms with Crippen LogP contribution in [0.3, 0.4) is 0 Å². The van der Waals surface area contributed by atoms with Crippen molar-refractivity contribution in [1.82, 2.24) is 0 Å². The largest absolute Gasteiger partial charge is 1.00 e. The summed E-state index contributed by atoms with van der Waals surface area (Å²) >= 11 is 1.90.